The summed E-state index contributed by atoms with van der Waals surface area (Å²) in [5.41, 5.74) is 0. The number of unbranched alkanes of at least 4 members (excludes halogenated alkanes) is 43. The summed E-state index contributed by atoms with van der Waals surface area (Å²) in [4.78, 5) is 73.0. The molecule has 0 bridgehead atoms. The largest absolute Gasteiger partial charge is 0.472 e. The summed E-state index contributed by atoms with van der Waals surface area (Å²) < 4.78 is 68.7. The van der Waals surface area contributed by atoms with Crippen LogP contribution in [0.3, 0.4) is 0 Å². The predicted octanol–water partition coefficient (Wildman–Crippen LogP) is 24.0. The van der Waals surface area contributed by atoms with Crippen molar-refractivity contribution in [3.05, 3.63) is 0 Å². The van der Waals surface area contributed by atoms with Crippen LogP contribution in [-0.4, -0.2) is 96.7 Å². The first kappa shape index (κ1) is 98.1. The summed E-state index contributed by atoms with van der Waals surface area (Å²) in [5.74, 6) is 1.02. The number of rotatable bonds is 78. The van der Waals surface area contributed by atoms with Gasteiger partial charge in [-0.15, -0.1) is 0 Å². The Labute approximate surface area is 613 Å². The van der Waals surface area contributed by atoms with Crippen LogP contribution in [0.25, 0.3) is 0 Å². The minimum atomic E-state index is -4.96. The second-order valence-corrected chi connectivity index (χ2v) is 33.7. The highest BCUT2D eigenvalue weighted by molar-refractivity contribution is 7.47. The van der Waals surface area contributed by atoms with E-state index in [0.29, 0.717) is 25.7 Å². The van der Waals surface area contributed by atoms with Crippen molar-refractivity contribution in [1.82, 2.24) is 0 Å². The molecular weight excluding hydrogens is 1310 g/mol. The van der Waals surface area contributed by atoms with Gasteiger partial charge in [-0.05, 0) is 49.4 Å². The minimum absolute atomic E-state index is 0.106. The molecule has 0 aromatic heterocycles. The van der Waals surface area contributed by atoms with Crippen molar-refractivity contribution in [3.8, 4) is 0 Å². The van der Waals surface area contributed by atoms with Crippen LogP contribution >= 0.6 is 15.6 Å². The summed E-state index contributed by atoms with van der Waals surface area (Å²) in [6.45, 7) is 14.3. The van der Waals surface area contributed by atoms with Gasteiger partial charge in [-0.25, -0.2) is 9.13 Å². The van der Waals surface area contributed by atoms with Crippen molar-refractivity contribution >= 4 is 39.5 Å². The van der Waals surface area contributed by atoms with E-state index in [1.807, 2.05) is 0 Å². The van der Waals surface area contributed by atoms with Crippen molar-refractivity contribution in [3.63, 3.8) is 0 Å². The van der Waals surface area contributed by atoms with Crippen LogP contribution in [0.1, 0.15) is 415 Å². The number of phosphoric acid groups is 2. The van der Waals surface area contributed by atoms with Gasteiger partial charge >= 0.3 is 39.5 Å². The zero-order chi connectivity index (χ0) is 73.8. The molecule has 3 N–H and O–H groups in total. The molecule has 0 heterocycles. The lowest BCUT2D eigenvalue weighted by atomic mass is 9.99. The first-order valence-electron chi connectivity index (χ1n) is 41.7. The Morgan fingerprint density at radius 1 is 0.280 bits per heavy atom. The molecule has 6 atom stereocenters. The van der Waals surface area contributed by atoms with Crippen LogP contribution in [0.5, 0.6) is 0 Å². The Balaban J connectivity index is 5.26. The molecule has 0 radical (unpaired) electrons. The third-order valence-corrected chi connectivity index (χ3v) is 21.1. The van der Waals surface area contributed by atoms with Gasteiger partial charge in [-0.1, -0.05) is 364 Å². The highest BCUT2D eigenvalue weighted by atomic mass is 31.2. The van der Waals surface area contributed by atoms with Gasteiger partial charge in [-0.2, -0.15) is 0 Å². The van der Waals surface area contributed by atoms with Gasteiger partial charge in [0.25, 0.3) is 0 Å². The molecule has 0 aliphatic heterocycles. The third kappa shape index (κ3) is 73.0. The summed E-state index contributed by atoms with van der Waals surface area (Å²) in [6, 6.07) is 0. The second kappa shape index (κ2) is 70.1. The van der Waals surface area contributed by atoms with E-state index >= 15 is 0 Å². The van der Waals surface area contributed by atoms with Crippen molar-refractivity contribution < 1.29 is 80.2 Å². The molecule has 0 aromatic rings. The molecule has 0 aliphatic carbocycles. The summed E-state index contributed by atoms with van der Waals surface area (Å²) in [6.07, 6.45) is 56.8. The Morgan fingerprint density at radius 2 is 0.480 bits per heavy atom. The SMILES string of the molecule is CCC(C)CCCCCCCCCCCCCCCCC(=O)O[C@H](COC(=O)CCCCCCCCCCCCCCCCC(C)C)COP(=O)(O)OC[C@@H](O)COP(=O)(O)OC[C@@H](COC(=O)CCCCCCCCCCC(C)C)OC(=O)CCCCCCCCCCCCCC(C)C. The van der Waals surface area contributed by atoms with E-state index in [4.69, 9.17) is 37.0 Å². The number of esters is 4. The van der Waals surface area contributed by atoms with Gasteiger partial charge in [0.1, 0.15) is 19.3 Å². The second-order valence-electron chi connectivity index (χ2n) is 30.8. The predicted molar refractivity (Wildman–Crippen MR) is 409 cm³/mol. The first-order chi connectivity index (χ1) is 48.1. The molecule has 0 rings (SSSR count). The van der Waals surface area contributed by atoms with Crippen LogP contribution in [-0.2, 0) is 65.4 Å². The zero-order valence-corrected chi connectivity index (χ0v) is 67.6. The summed E-state index contributed by atoms with van der Waals surface area (Å²) in [5, 5.41) is 10.6. The third-order valence-electron chi connectivity index (χ3n) is 19.2. The number of phosphoric ester groups is 2. The molecule has 594 valence electrons. The fourth-order valence-corrected chi connectivity index (χ4v) is 14.0. The molecule has 0 spiro atoms. The maximum absolute atomic E-state index is 13.1. The number of ether oxygens (including phenoxy) is 4. The fourth-order valence-electron chi connectivity index (χ4n) is 12.4. The fraction of sp³-hybridized carbons (Fsp3) is 0.951. The van der Waals surface area contributed by atoms with Crippen molar-refractivity contribution in [2.75, 3.05) is 39.6 Å². The number of carbonyl (C=O) groups is 4. The molecule has 3 unspecified atom stereocenters. The zero-order valence-electron chi connectivity index (χ0n) is 65.8. The van der Waals surface area contributed by atoms with Gasteiger partial charge in [0, 0.05) is 25.7 Å². The molecule has 17 nitrogen and oxygen atoms in total. The van der Waals surface area contributed by atoms with Gasteiger partial charge in [-0.3, -0.25) is 37.3 Å². The highest BCUT2D eigenvalue weighted by Crippen LogP contribution is 2.45. The van der Waals surface area contributed by atoms with Crippen LogP contribution in [0.2, 0.25) is 0 Å². The van der Waals surface area contributed by atoms with Crippen LogP contribution in [0, 0.1) is 23.7 Å². The first-order valence-corrected chi connectivity index (χ1v) is 44.7. The quantitative estimate of drug-likeness (QED) is 0.0222. The smallest absolute Gasteiger partial charge is 0.462 e. The molecule has 0 saturated carbocycles. The Morgan fingerprint density at radius 3 is 0.710 bits per heavy atom. The standard InChI is InChI=1S/C81H158O17P2/c1-9-74(8)60-52-44-36-27-21-15-11-13-17-23-29-39-47-55-63-80(85)97-76(67-91-78(83)61-53-45-37-28-22-16-12-10-14-19-25-33-41-49-57-71(2)3)69-95-99(87,88)93-65-75(82)66-94-100(89,90)96-70-77(68-92-79(84)62-54-46-38-32-31-35-43-51-59-73(6)7)98-81(86)64-56-48-40-30-24-18-20-26-34-42-50-58-72(4)5/h71-77,82H,9-70H2,1-8H3,(H,87,88)(H,89,90)/t74?,75-,76-,77-/m1/s1. The van der Waals surface area contributed by atoms with Crippen LogP contribution in [0.15, 0.2) is 0 Å². The minimum Gasteiger partial charge on any atom is -0.462 e. The number of hydrogen-bond donors (Lipinski definition) is 3. The average molecular weight is 1470 g/mol. The number of aliphatic hydroxyl groups excluding tert-OH is 1. The molecule has 0 aromatic carbocycles. The van der Waals surface area contributed by atoms with Gasteiger partial charge < -0.3 is 33.8 Å². The summed E-state index contributed by atoms with van der Waals surface area (Å²) in [7, 11) is -9.92. The molecule has 0 fully saturated rings. The lowest BCUT2D eigenvalue weighted by Crippen LogP contribution is -2.30. The van der Waals surface area contributed by atoms with Crippen LogP contribution in [0.4, 0.5) is 0 Å². The van der Waals surface area contributed by atoms with Gasteiger partial charge in [0.2, 0.25) is 0 Å². The van der Waals surface area contributed by atoms with E-state index in [1.165, 1.54) is 218 Å². The van der Waals surface area contributed by atoms with Gasteiger partial charge in [0.15, 0.2) is 12.2 Å². The van der Waals surface area contributed by atoms with E-state index in [9.17, 15) is 43.2 Å². The van der Waals surface area contributed by atoms with E-state index in [1.54, 1.807) is 0 Å². The monoisotopic (exact) mass is 1470 g/mol. The average Bonchev–Trinajstić information content (AvgIpc) is 0.920. The van der Waals surface area contributed by atoms with E-state index < -0.39 is 97.5 Å². The normalized spacial score (nSPS) is 14.3. The lowest BCUT2D eigenvalue weighted by Gasteiger charge is -2.21. The van der Waals surface area contributed by atoms with E-state index in [2.05, 4.69) is 55.4 Å². The summed E-state index contributed by atoms with van der Waals surface area (Å²) >= 11 is 0. The topological polar surface area (TPSA) is 237 Å². The van der Waals surface area contributed by atoms with E-state index in [0.717, 1.165) is 114 Å². The Bertz CT molecular complexity index is 1960. The highest BCUT2D eigenvalue weighted by Gasteiger charge is 2.30. The molecule has 100 heavy (non-hydrogen) atoms. The van der Waals surface area contributed by atoms with Crippen LogP contribution < -0.4 is 0 Å². The molecule has 0 saturated heterocycles. The molecule has 0 amide bonds. The van der Waals surface area contributed by atoms with Crippen molar-refractivity contribution in [2.24, 2.45) is 23.7 Å². The van der Waals surface area contributed by atoms with Crippen molar-refractivity contribution in [1.29, 1.82) is 0 Å². The Kier molecular flexibility index (Phi) is 68.7. The molecular formula is C81H158O17P2. The van der Waals surface area contributed by atoms with E-state index in [-0.39, 0.29) is 25.7 Å². The lowest BCUT2D eigenvalue weighted by molar-refractivity contribution is -0.161. The number of carbonyl (C=O) groups excluding carboxylic acids is 4. The Hall–Kier alpha value is -1.94. The maximum atomic E-state index is 13.1. The number of aliphatic hydroxyl groups is 1. The molecule has 0 aliphatic rings. The maximum Gasteiger partial charge on any atom is 0.472 e. The van der Waals surface area contributed by atoms with Gasteiger partial charge in [0.05, 0.1) is 26.4 Å². The number of hydrogen-bond acceptors (Lipinski definition) is 15. The molecule has 19 heteroatoms. The van der Waals surface area contributed by atoms with Crippen molar-refractivity contribution in [2.45, 2.75) is 433 Å².